The molecular formula is C29H42. The van der Waals surface area contributed by atoms with Gasteiger partial charge in [0.1, 0.15) is 0 Å². The summed E-state index contributed by atoms with van der Waals surface area (Å²) in [6, 6.07) is 0. The van der Waals surface area contributed by atoms with E-state index in [2.05, 4.69) is 55.4 Å². The largest absolute Gasteiger partial charge is 0.0613 e. The molecule has 2 aromatic carbocycles. The minimum atomic E-state index is 1.16. The van der Waals surface area contributed by atoms with E-state index >= 15 is 0 Å². The fourth-order valence-corrected chi connectivity index (χ4v) is 6.57. The van der Waals surface area contributed by atoms with E-state index in [0.717, 1.165) is 25.7 Å². The topological polar surface area (TPSA) is 0 Å². The van der Waals surface area contributed by atoms with Gasteiger partial charge in [0, 0.05) is 0 Å². The lowest BCUT2D eigenvalue weighted by Crippen LogP contribution is -2.09. The Morgan fingerprint density at radius 3 is 0.828 bits per heavy atom. The van der Waals surface area contributed by atoms with Crippen molar-refractivity contribution >= 4 is 0 Å². The highest BCUT2D eigenvalue weighted by Crippen LogP contribution is 2.49. The lowest BCUT2D eigenvalue weighted by Gasteiger charge is -2.25. The van der Waals surface area contributed by atoms with Crippen molar-refractivity contribution in [3.63, 3.8) is 0 Å². The van der Waals surface area contributed by atoms with Gasteiger partial charge >= 0.3 is 0 Å². The molecule has 0 bridgehead atoms. The van der Waals surface area contributed by atoms with Crippen LogP contribution in [0.4, 0.5) is 0 Å². The van der Waals surface area contributed by atoms with Crippen LogP contribution in [0.3, 0.4) is 0 Å². The molecule has 0 aliphatic heterocycles. The summed E-state index contributed by atoms with van der Waals surface area (Å²) in [4.78, 5) is 0. The van der Waals surface area contributed by atoms with Crippen LogP contribution in [0.15, 0.2) is 0 Å². The molecule has 0 atom stereocenters. The van der Waals surface area contributed by atoms with Gasteiger partial charge in [0.25, 0.3) is 0 Å². The molecule has 0 fully saturated rings. The first kappa shape index (κ1) is 22.1. The van der Waals surface area contributed by atoms with Crippen LogP contribution in [-0.4, -0.2) is 0 Å². The molecule has 0 heteroatoms. The Morgan fingerprint density at radius 2 is 0.586 bits per heavy atom. The standard InChI is InChI=1S/C29H42/c1-9-18-20(11-3)24(15-7)28-26(22(18)13-5)17-27-23(14-6)19(10-2)21(12-4)25(16-8)29(27)28/h9-17H2,1-8H3. The zero-order valence-electron chi connectivity index (χ0n) is 20.4. The third-order valence-corrected chi connectivity index (χ3v) is 7.55. The summed E-state index contributed by atoms with van der Waals surface area (Å²) in [5.41, 5.74) is 20.0. The van der Waals surface area contributed by atoms with Gasteiger partial charge in [-0.25, -0.2) is 0 Å². The highest BCUT2D eigenvalue weighted by atomic mass is 14.4. The lowest BCUT2D eigenvalue weighted by atomic mass is 9.79. The second-order valence-corrected chi connectivity index (χ2v) is 8.54. The maximum Gasteiger partial charge on any atom is -0.000757 e. The zero-order chi connectivity index (χ0) is 21.3. The van der Waals surface area contributed by atoms with Crippen molar-refractivity contribution in [2.24, 2.45) is 0 Å². The summed E-state index contributed by atoms with van der Waals surface area (Å²) in [7, 11) is 0. The van der Waals surface area contributed by atoms with Crippen molar-refractivity contribution in [2.75, 3.05) is 0 Å². The van der Waals surface area contributed by atoms with Crippen molar-refractivity contribution < 1.29 is 0 Å². The molecule has 0 amide bonds. The van der Waals surface area contributed by atoms with E-state index in [4.69, 9.17) is 0 Å². The van der Waals surface area contributed by atoms with Crippen LogP contribution in [0.1, 0.15) is 111 Å². The lowest BCUT2D eigenvalue weighted by molar-refractivity contribution is 0.925. The Hall–Kier alpha value is -1.56. The van der Waals surface area contributed by atoms with Crippen molar-refractivity contribution in [3.05, 3.63) is 55.6 Å². The molecule has 2 aromatic rings. The van der Waals surface area contributed by atoms with Gasteiger partial charge in [0.05, 0.1) is 0 Å². The average molecular weight is 391 g/mol. The van der Waals surface area contributed by atoms with E-state index in [1.165, 1.54) is 32.1 Å². The molecule has 1 aliphatic carbocycles. The molecule has 29 heavy (non-hydrogen) atoms. The van der Waals surface area contributed by atoms with Crippen molar-refractivity contribution in [3.8, 4) is 11.1 Å². The van der Waals surface area contributed by atoms with Gasteiger partial charge in [-0.1, -0.05) is 55.4 Å². The van der Waals surface area contributed by atoms with E-state index in [-0.39, 0.29) is 0 Å². The minimum Gasteiger partial charge on any atom is -0.0613 e. The second-order valence-electron chi connectivity index (χ2n) is 8.54. The van der Waals surface area contributed by atoms with E-state index in [9.17, 15) is 0 Å². The molecule has 158 valence electrons. The summed E-state index contributed by atoms with van der Waals surface area (Å²) in [6.07, 6.45) is 10.5. The molecule has 0 unspecified atom stereocenters. The van der Waals surface area contributed by atoms with E-state index in [1.807, 2.05) is 0 Å². The first-order valence-electron chi connectivity index (χ1n) is 12.4. The summed E-state index contributed by atoms with van der Waals surface area (Å²) < 4.78 is 0. The van der Waals surface area contributed by atoms with Gasteiger partial charge in [-0.05, 0) is 125 Å². The smallest absolute Gasteiger partial charge is 0.000757 e. The normalized spacial score (nSPS) is 12.4. The van der Waals surface area contributed by atoms with Gasteiger partial charge < -0.3 is 0 Å². The molecule has 0 heterocycles. The van der Waals surface area contributed by atoms with Gasteiger partial charge in [0.2, 0.25) is 0 Å². The SMILES string of the molecule is CCc1c(CC)c(CC)c2c(c1CC)Cc1c(CC)c(CC)c(CC)c(CC)c1-2. The first-order chi connectivity index (χ1) is 14.1. The van der Waals surface area contributed by atoms with Gasteiger partial charge in [0.15, 0.2) is 0 Å². The molecule has 0 aromatic heterocycles. The third-order valence-electron chi connectivity index (χ3n) is 7.55. The van der Waals surface area contributed by atoms with Gasteiger partial charge in [-0.3, -0.25) is 0 Å². The van der Waals surface area contributed by atoms with Gasteiger partial charge in [-0.2, -0.15) is 0 Å². The first-order valence-corrected chi connectivity index (χ1v) is 12.4. The molecule has 0 saturated heterocycles. The second kappa shape index (κ2) is 9.07. The molecule has 0 nitrogen and oxygen atoms in total. The molecule has 1 aliphatic rings. The number of hydrogen-bond acceptors (Lipinski definition) is 0. The molecule has 3 rings (SSSR count). The molecule has 0 saturated carbocycles. The average Bonchev–Trinajstić information content (AvgIpc) is 3.14. The Kier molecular flexibility index (Phi) is 6.92. The predicted octanol–water partition coefficient (Wildman–Crippen LogP) is 7.76. The van der Waals surface area contributed by atoms with Crippen molar-refractivity contribution in [1.82, 2.24) is 0 Å². The highest BCUT2D eigenvalue weighted by molar-refractivity contribution is 5.87. The fourth-order valence-electron chi connectivity index (χ4n) is 6.57. The van der Waals surface area contributed by atoms with Crippen molar-refractivity contribution in [2.45, 2.75) is 113 Å². The van der Waals surface area contributed by atoms with Gasteiger partial charge in [-0.15, -0.1) is 0 Å². The monoisotopic (exact) mass is 390 g/mol. The Bertz CT molecular complexity index is 836. The molecule has 0 radical (unpaired) electrons. The number of fused-ring (bicyclic) bond motifs is 3. The van der Waals surface area contributed by atoms with E-state index in [0.29, 0.717) is 0 Å². The maximum atomic E-state index is 2.38. The zero-order valence-corrected chi connectivity index (χ0v) is 20.4. The Balaban J connectivity index is 2.54. The summed E-state index contributed by atoms with van der Waals surface area (Å²) in [5, 5.41) is 0. The Labute approximate surface area is 180 Å². The van der Waals surface area contributed by atoms with Crippen LogP contribution < -0.4 is 0 Å². The summed E-state index contributed by atoms with van der Waals surface area (Å²) >= 11 is 0. The van der Waals surface area contributed by atoms with Crippen LogP contribution in [0, 0.1) is 0 Å². The fraction of sp³-hybridized carbons (Fsp3) is 0.586. The van der Waals surface area contributed by atoms with Crippen LogP contribution in [0.2, 0.25) is 0 Å². The number of rotatable bonds is 8. The number of hydrogen-bond donors (Lipinski definition) is 0. The van der Waals surface area contributed by atoms with Crippen LogP contribution >= 0.6 is 0 Å². The van der Waals surface area contributed by atoms with Crippen molar-refractivity contribution in [1.29, 1.82) is 0 Å². The Morgan fingerprint density at radius 1 is 0.345 bits per heavy atom. The highest BCUT2D eigenvalue weighted by Gasteiger charge is 2.32. The van der Waals surface area contributed by atoms with Crippen LogP contribution in [0.25, 0.3) is 11.1 Å². The minimum absolute atomic E-state index is 1.16. The molecular weight excluding hydrogens is 348 g/mol. The van der Waals surface area contributed by atoms with Crippen LogP contribution in [-0.2, 0) is 57.8 Å². The molecule has 0 spiro atoms. The third kappa shape index (κ3) is 3.18. The number of benzene rings is 2. The predicted molar refractivity (Wildman–Crippen MR) is 130 cm³/mol. The summed E-state index contributed by atoms with van der Waals surface area (Å²) in [5.74, 6) is 0. The summed E-state index contributed by atoms with van der Waals surface area (Å²) in [6.45, 7) is 19.0. The molecule has 0 N–H and O–H groups in total. The van der Waals surface area contributed by atoms with E-state index < -0.39 is 0 Å². The van der Waals surface area contributed by atoms with E-state index in [1.54, 1.807) is 66.8 Å². The quantitative estimate of drug-likeness (QED) is 0.369. The maximum absolute atomic E-state index is 2.38. The van der Waals surface area contributed by atoms with Crippen LogP contribution in [0.5, 0.6) is 0 Å².